The van der Waals surface area contributed by atoms with Gasteiger partial charge in [-0.3, -0.25) is 9.59 Å². The summed E-state index contributed by atoms with van der Waals surface area (Å²) >= 11 is 0. The van der Waals surface area contributed by atoms with Gasteiger partial charge < -0.3 is 4.74 Å². The van der Waals surface area contributed by atoms with Crippen molar-refractivity contribution in [3.05, 3.63) is 63.1 Å². The highest BCUT2D eigenvalue weighted by Gasteiger charge is 2.25. The van der Waals surface area contributed by atoms with Crippen LogP contribution in [-0.4, -0.2) is 28.8 Å². The first kappa shape index (κ1) is 20.0. The van der Waals surface area contributed by atoms with Gasteiger partial charge in [0.15, 0.2) is 5.78 Å². The number of carbonyl (C=O) groups excluding carboxylic acids is 1. The first-order valence-electron chi connectivity index (χ1n) is 10.8. The van der Waals surface area contributed by atoms with Crippen molar-refractivity contribution < 1.29 is 9.53 Å². The van der Waals surface area contributed by atoms with E-state index in [9.17, 15) is 9.59 Å². The Bertz CT molecular complexity index is 924. The normalized spacial score (nSPS) is 19.9. The van der Waals surface area contributed by atoms with Crippen LogP contribution in [0.5, 0.6) is 0 Å². The highest BCUT2D eigenvalue weighted by Crippen LogP contribution is 2.28. The van der Waals surface area contributed by atoms with Crippen LogP contribution in [0.15, 0.2) is 35.1 Å². The van der Waals surface area contributed by atoms with E-state index >= 15 is 0 Å². The summed E-state index contributed by atoms with van der Waals surface area (Å²) in [5.41, 5.74) is 4.07. The second-order valence-corrected chi connectivity index (χ2v) is 8.76. The van der Waals surface area contributed by atoms with E-state index in [0.29, 0.717) is 25.6 Å². The molecule has 1 saturated heterocycles. The zero-order valence-corrected chi connectivity index (χ0v) is 17.4. The molecule has 0 spiro atoms. The number of ether oxygens (including phenoxy) is 1. The summed E-state index contributed by atoms with van der Waals surface area (Å²) in [4.78, 5) is 25.4. The molecule has 2 heterocycles. The molecule has 2 aliphatic rings. The van der Waals surface area contributed by atoms with Crippen LogP contribution in [0.25, 0.3) is 0 Å². The Kier molecular flexibility index (Phi) is 5.95. The van der Waals surface area contributed by atoms with E-state index in [2.05, 4.69) is 26.0 Å². The monoisotopic (exact) mass is 394 g/mol. The number of aromatic nitrogens is 2. The molecule has 2 aromatic rings. The van der Waals surface area contributed by atoms with Gasteiger partial charge >= 0.3 is 0 Å². The summed E-state index contributed by atoms with van der Waals surface area (Å²) in [5, 5.41) is 4.70. The second kappa shape index (κ2) is 8.62. The Labute approximate surface area is 172 Å². The fourth-order valence-electron chi connectivity index (χ4n) is 4.48. The van der Waals surface area contributed by atoms with Gasteiger partial charge in [-0.2, -0.15) is 5.10 Å². The maximum atomic E-state index is 12.7. The number of nitrogens with zero attached hydrogens (tertiary/aromatic N) is 2. The molecule has 29 heavy (non-hydrogen) atoms. The standard InChI is InChI=1S/C24H30N2O3/c1-16(2)18-4-6-19(7-5-18)23(27)14-17-3-8-22-20(13-17)15-24(28)26(25-22)21-9-11-29-12-10-21/h4-7,15-17,21H,3,8-14H2,1-2H3. The van der Waals surface area contributed by atoms with Gasteiger partial charge in [0.2, 0.25) is 0 Å². The van der Waals surface area contributed by atoms with E-state index in [0.717, 1.165) is 48.9 Å². The Morgan fingerprint density at radius 2 is 1.90 bits per heavy atom. The lowest BCUT2D eigenvalue weighted by Crippen LogP contribution is -2.33. The molecule has 0 amide bonds. The zero-order valence-electron chi connectivity index (χ0n) is 17.4. The quantitative estimate of drug-likeness (QED) is 0.717. The van der Waals surface area contributed by atoms with E-state index in [4.69, 9.17) is 9.84 Å². The van der Waals surface area contributed by atoms with E-state index in [1.807, 2.05) is 12.1 Å². The molecular formula is C24H30N2O3. The summed E-state index contributed by atoms with van der Waals surface area (Å²) in [7, 11) is 0. The molecule has 1 fully saturated rings. The highest BCUT2D eigenvalue weighted by atomic mass is 16.5. The van der Waals surface area contributed by atoms with Crippen molar-refractivity contribution in [1.82, 2.24) is 9.78 Å². The number of fused-ring (bicyclic) bond motifs is 1. The van der Waals surface area contributed by atoms with Gasteiger partial charge in [0, 0.05) is 31.3 Å². The molecule has 1 aromatic heterocycles. The van der Waals surface area contributed by atoms with E-state index in [1.165, 1.54) is 5.56 Å². The number of hydrogen-bond acceptors (Lipinski definition) is 4. The predicted molar refractivity (Wildman–Crippen MR) is 113 cm³/mol. The van der Waals surface area contributed by atoms with Gasteiger partial charge in [-0.15, -0.1) is 0 Å². The van der Waals surface area contributed by atoms with E-state index in [-0.39, 0.29) is 23.3 Å². The largest absolute Gasteiger partial charge is 0.381 e. The summed E-state index contributed by atoms with van der Waals surface area (Å²) < 4.78 is 7.07. The number of benzene rings is 1. The van der Waals surface area contributed by atoms with Crippen LogP contribution in [-0.2, 0) is 17.6 Å². The molecule has 0 bridgehead atoms. The Balaban J connectivity index is 1.43. The smallest absolute Gasteiger partial charge is 0.267 e. The molecule has 1 atom stereocenters. The molecule has 1 unspecified atom stereocenters. The molecule has 154 valence electrons. The fourth-order valence-corrected chi connectivity index (χ4v) is 4.48. The van der Waals surface area contributed by atoms with Gasteiger partial charge in [0.05, 0.1) is 11.7 Å². The van der Waals surface area contributed by atoms with Gasteiger partial charge in [-0.1, -0.05) is 38.1 Å². The van der Waals surface area contributed by atoms with Crippen molar-refractivity contribution in [2.24, 2.45) is 5.92 Å². The summed E-state index contributed by atoms with van der Waals surface area (Å²) in [6, 6.07) is 9.90. The van der Waals surface area contributed by atoms with Crippen LogP contribution in [0.2, 0.25) is 0 Å². The van der Waals surface area contributed by atoms with Gasteiger partial charge in [0.25, 0.3) is 5.56 Å². The van der Waals surface area contributed by atoms with Crippen molar-refractivity contribution in [2.75, 3.05) is 13.2 Å². The minimum absolute atomic E-state index is 0.0214. The lowest BCUT2D eigenvalue weighted by atomic mass is 9.83. The van der Waals surface area contributed by atoms with Crippen LogP contribution < -0.4 is 5.56 Å². The Morgan fingerprint density at radius 1 is 1.17 bits per heavy atom. The van der Waals surface area contributed by atoms with Crippen molar-refractivity contribution in [3.63, 3.8) is 0 Å². The molecule has 5 nitrogen and oxygen atoms in total. The zero-order chi connectivity index (χ0) is 20.4. The SMILES string of the molecule is CC(C)c1ccc(C(=O)CC2CCc3nn(C4CCOCC4)c(=O)cc3C2)cc1. The van der Waals surface area contributed by atoms with Gasteiger partial charge in [-0.25, -0.2) is 4.68 Å². The second-order valence-electron chi connectivity index (χ2n) is 8.76. The van der Waals surface area contributed by atoms with Crippen molar-refractivity contribution in [3.8, 4) is 0 Å². The van der Waals surface area contributed by atoms with Crippen LogP contribution in [0, 0.1) is 5.92 Å². The summed E-state index contributed by atoms with van der Waals surface area (Å²) in [5.74, 6) is 0.934. The molecule has 1 aliphatic carbocycles. The molecule has 1 aromatic carbocycles. The highest BCUT2D eigenvalue weighted by molar-refractivity contribution is 5.96. The van der Waals surface area contributed by atoms with Gasteiger partial charge in [-0.05, 0) is 55.1 Å². The first-order valence-corrected chi connectivity index (χ1v) is 10.8. The third-order valence-corrected chi connectivity index (χ3v) is 6.33. The molecule has 4 rings (SSSR count). The van der Waals surface area contributed by atoms with Crippen molar-refractivity contribution in [2.45, 2.75) is 64.3 Å². The lowest BCUT2D eigenvalue weighted by Gasteiger charge is -2.27. The van der Waals surface area contributed by atoms with Crippen molar-refractivity contribution in [1.29, 1.82) is 0 Å². The number of Topliss-reactive ketones (excluding diaryl/α,β-unsaturated/α-hetero) is 1. The molecule has 0 saturated carbocycles. The number of hydrogen-bond donors (Lipinski definition) is 0. The van der Waals surface area contributed by atoms with Crippen LogP contribution in [0.1, 0.15) is 78.7 Å². The van der Waals surface area contributed by atoms with Crippen molar-refractivity contribution >= 4 is 5.78 Å². The number of rotatable bonds is 5. The van der Waals surface area contributed by atoms with Gasteiger partial charge in [0.1, 0.15) is 0 Å². The third kappa shape index (κ3) is 4.50. The summed E-state index contributed by atoms with van der Waals surface area (Å²) in [6.45, 7) is 5.69. The Morgan fingerprint density at radius 3 is 2.59 bits per heavy atom. The van der Waals surface area contributed by atoms with Crippen LogP contribution in [0.3, 0.4) is 0 Å². The maximum Gasteiger partial charge on any atom is 0.267 e. The van der Waals surface area contributed by atoms with E-state index in [1.54, 1.807) is 10.7 Å². The minimum Gasteiger partial charge on any atom is -0.381 e. The number of ketones is 1. The molecule has 0 N–H and O–H groups in total. The lowest BCUT2D eigenvalue weighted by molar-refractivity contribution is 0.0645. The predicted octanol–water partition coefficient (Wildman–Crippen LogP) is 4.10. The molecule has 0 radical (unpaired) electrons. The average Bonchev–Trinajstić information content (AvgIpc) is 2.74. The Hall–Kier alpha value is -2.27. The fraction of sp³-hybridized carbons (Fsp3) is 0.542. The molecular weight excluding hydrogens is 364 g/mol. The number of carbonyl (C=O) groups is 1. The summed E-state index contributed by atoms with van der Waals surface area (Å²) in [6.07, 6.45) is 4.77. The van der Waals surface area contributed by atoms with Crippen LogP contribution >= 0.6 is 0 Å². The third-order valence-electron chi connectivity index (χ3n) is 6.33. The maximum absolute atomic E-state index is 12.7. The van der Waals surface area contributed by atoms with E-state index < -0.39 is 0 Å². The van der Waals surface area contributed by atoms with Crippen LogP contribution in [0.4, 0.5) is 0 Å². The number of aryl methyl sites for hydroxylation is 1. The topological polar surface area (TPSA) is 61.2 Å². The average molecular weight is 395 g/mol. The first-order chi connectivity index (χ1) is 14.0. The molecule has 5 heteroatoms. The minimum atomic E-state index is -0.0214. The molecule has 1 aliphatic heterocycles.